The predicted molar refractivity (Wildman–Crippen MR) is 127 cm³/mol. The van der Waals surface area contributed by atoms with E-state index in [9.17, 15) is 9.59 Å². The molecule has 0 spiro atoms. The molecule has 0 unspecified atom stereocenters. The van der Waals surface area contributed by atoms with Gasteiger partial charge in [0, 0.05) is 44.2 Å². The molecule has 2 amide bonds. The highest BCUT2D eigenvalue weighted by Crippen LogP contribution is 2.35. The van der Waals surface area contributed by atoms with Crippen molar-refractivity contribution in [1.29, 1.82) is 0 Å². The standard InChI is InChI=1S/C25H34N6O2/c32-24(26-20-10-11-20)17-29-12-14-30(15-13-29)18-25(33)27-23-16-22(19-6-4-5-7-19)28-31(23)21-8-2-1-3-9-21/h1-3,8-9,16,19-20H,4-7,10-15,17-18H2,(H,26,32)(H,27,33). The first kappa shape index (κ1) is 22.1. The summed E-state index contributed by atoms with van der Waals surface area (Å²) in [6, 6.07) is 12.4. The van der Waals surface area contributed by atoms with E-state index in [1.807, 2.05) is 35.0 Å². The van der Waals surface area contributed by atoms with E-state index in [-0.39, 0.29) is 11.8 Å². The Morgan fingerprint density at radius 2 is 1.52 bits per heavy atom. The molecule has 33 heavy (non-hydrogen) atoms. The van der Waals surface area contributed by atoms with E-state index in [4.69, 9.17) is 5.10 Å². The molecule has 0 bridgehead atoms. The molecule has 8 nitrogen and oxygen atoms in total. The van der Waals surface area contributed by atoms with E-state index in [2.05, 4.69) is 26.5 Å². The van der Waals surface area contributed by atoms with Crippen molar-refractivity contribution < 1.29 is 9.59 Å². The Balaban J connectivity index is 1.17. The number of nitrogens with one attached hydrogen (secondary N) is 2. The molecular weight excluding hydrogens is 416 g/mol. The number of carbonyl (C=O) groups is 2. The van der Waals surface area contributed by atoms with Gasteiger partial charge in [-0.05, 0) is 37.8 Å². The monoisotopic (exact) mass is 450 g/mol. The van der Waals surface area contributed by atoms with Gasteiger partial charge in [0.05, 0.1) is 24.5 Å². The van der Waals surface area contributed by atoms with Crippen molar-refractivity contribution in [2.75, 3.05) is 44.6 Å². The summed E-state index contributed by atoms with van der Waals surface area (Å²) in [7, 11) is 0. The van der Waals surface area contributed by atoms with Gasteiger partial charge in [0.1, 0.15) is 5.82 Å². The molecule has 3 fully saturated rings. The normalized spacial score (nSPS) is 20.1. The van der Waals surface area contributed by atoms with E-state index in [0.29, 0.717) is 25.0 Å². The predicted octanol–water partition coefficient (Wildman–Crippen LogP) is 2.36. The van der Waals surface area contributed by atoms with Crippen LogP contribution in [0.4, 0.5) is 5.82 Å². The van der Waals surface area contributed by atoms with Crippen LogP contribution in [0.1, 0.15) is 50.1 Å². The molecule has 2 aliphatic carbocycles. The third-order valence-electron chi connectivity index (χ3n) is 6.91. The summed E-state index contributed by atoms with van der Waals surface area (Å²) in [5.41, 5.74) is 2.03. The van der Waals surface area contributed by atoms with Crippen molar-refractivity contribution in [2.24, 2.45) is 0 Å². The van der Waals surface area contributed by atoms with Crippen LogP contribution in [0.3, 0.4) is 0 Å². The first-order valence-electron chi connectivity index (χ1n) is 12.3. The van der Waals surface area contributed by atoms with E-state index in [0.717, 1.165) is 56.2 Å². The lowest BCUT2D eigenvalue weighted by molar-refractivity contribution is -0.123. The topological polar surface area (TPSA) is 82.5 Å². The van der Waals surface area contributed by atoms with E-state index < -0.39 is 0 Å². The molecule has 0 radical (unpaired) electrons. The molecule has 8 heteroatoms. The molecule has 2 heterocycles. The number of amides is 2. The van der Waals surface area contributed by atoms with Gasteiger partial charge in [-0.3, -0.25) is 19.4 Å². The second kappa shape index (κ2) is 10.1. The number of anilines is 1. The van der Waals surface area contributed by atoms with Crippen LogP contribution < -0.4 is 10.6 Å². The Kier molecular flexibility index (Phi) is 6.73. The Hall–Kier alpha value is -2.71. The van der Waals surface area contributed by atoms with Gasteiger partial charge in [-0.1, -0.05) is 31.0 Å². The second-order valence-electron chi connectivity index (χ2n) is 9.63. The van der Waals surface area contributed by atoms with Gasteiger partial charge in [-0.15, -0.1) is 0 Å². The molecule has 176 valence electrons. The zero-order chi connectivity index (χ0) is 22.6. The van der Waals surface area contributed by atoms with Crippen LogP contribution in [-0.2, 0) is 9.59 Å². The Morgan fingerprint density at radius 3 is 2.15 bits per heavy atom. The van der Waals surface area contributed by atoms with Crippen LogP contribution in [0.2, 0.25) is 0 Å². The van der Waals surface area contributed by atoms with Crippen LogP contribution in [0.25, 0.3) is 5.69 Å². The number of carbonyl (C=O) groups excluding carboxylic acids is 2. The van der Waals surface area contributed by atoms with Crippen molar-refractivity contribution in [3.05, 3.63) is 42.1 Å². The lowest BCUT2D eigenvalue weighted by Gasteiger charge is -2.33. The SMILES string of the molecule is O=C(CN1CCN(CC(=O)NC2CC2)CC1)Nc1cc(C2CCCC2)nn1-c1ccccc1. The fraction of sp³-hybridized carbons (Fsp3) is 0.560. The average Bonchev–Trinajstić information content (AvgIpc) is 3.29. The number of piperazine rings is 1. The van der Waals surface area contributed by atoms with E-state index in [1.54, 1.807) is 0 Å². The second-order valence-corrected chi connectivity index (χ2v) is 9.63. The first-order valence-corrected chi connectivity index (χ1v) is 12.3. The Morgan fingerprint density at radius 1 is 0.879 bits per heavy atom. The van der Waals surface area contributed by atoms with Crippen molar-refractivity contribution in [2.45, 2.75) is 50.5 Å². The number of hydrogen-bond donors (Lipinski definition) is 2. The van der Waals surface area contributed by atoms with Crippen LogP contribution in [0.5, 0.6) is 0 Å². The molecular formula is C25H34N6O2. The Bertz CT molecular complexity index is 957. The average molecular weight is 451 g/mol. The van der Waals surface area contributed by atoms with Crippen molar-refractivity contribution in [3.8, 4) is 5.69 Å². The number of nitrogens with zero attached hydrogens (tertiary/aromatic N) is 4. The molecule has 2 N–H and O–H groups in total. The number of para-hydroxylation sites is 1. The lowest BCUT2D eigenvalue weighted by Crippen LogP contribution is -2.51. The summed E-state index contributed by atoms with van der Waals surface area (Å²) in [6.07, 6.45) is 7.06. The van der Waals surface area contributed by atoms with Gasteiger partial charge in [0.15, 0.2) is 0 Å². The third kappa shape index (κ3) is 5.81. The maximum absolute atomic E-state index is 12.9. The quantitative estimate of drug-likeness (QED) is 0.645. The summed E-state index contributed by atoms with van der Waals surface area (Å²) in [5, 5.41) is 11.0. The van der Waals surface area contributed by atoms with Crippen LogP contribution in [0.15, 0.2) is 36.4 Å². The summed E-state index contributed by atoms with van der Waals surface area (Å²) in [5.74, 6) is 1.32. The van der Waals surface area contributed by atoms with Crippen molar-refractivity contribution >= 4 is 17.6 Å². The highest BCUT2D eigenvalue weighted by molar-refractivity contribution is 5.91. The van der Waals surface area contributed by atoms with Gasteiger partial charge < -0.3 is 10.6 Å². The summed E-state index contributed by atoms with van der Waals surface area (Å²) in [4.78, 5) is 29.3. The van der Waals surface area contributed by atoms with Crippen molar-refractivity contribution in [3.63, 3.8) is 0 Å². The summed E-state index contributed by atoms with van der Waals surface area (Å²) < 4.78 is 1.86. The molecule has 0 atom stereocenters. The molecule has 1 aromatic carbocycles. The minimum absolute atomic E-state index is 0.0232. The fourth-order valence-corrected chi connectivity index (χ4v) is 4.87. The number of hydrogen-bond acceptors (Lipinski definition) is 5. The zero-order valence-electron chi connectivity index (χ0n) is 19.2. The molecule has 2 aromatic rings. The highest BCUT2D eigenvalue weighted by atomic mass is 16.2. The minimum Gasteiger partial charge on any atom is -0.352 e. The highest BCUT2D eigenvalue weighted by Gasteiger charge is 2.26. The first-order chi connectivity index (χ1) is 16.1. The zero-order valence-corrected chi connectivity index (χ0v) is 19.2. The fourth-order valence-electron chi connectivity index (χ4n) is 4.87. The van der Waals surface area contributed by atoms with Crippen LogP contribution in [-0.4, -0.2) is 76.7 Å². The van der Waals surface area contributed by atoms with Crippen LogP contribution in [0, 0.1) is 0 Å². The molecule has 1 aliphatic heterocycles. The maximum atomic E-state index is 12.9. The molecule has 2 saturated carbocycles. The third-order valence-corrected chi connectivity index (χ3v) is 6.91. The Labute approximate surface area is 195 Å². The summed E-state index contributed by atoms with van der Waals surface area (Å²) >= 11 is 0. The van der Waals surface area contributed by atoms with Crippen LogP contribution >= 0.6 is 0 Å². The van der Waals surface area contributed by atoms with Gasteiger partial charge in [0.25, 0.3) is 0 Å². The number of benzene rings is 1. The maximum Gasteiger partial charge on any atom is 0.239 e. The molecule has 5 rings (SSSR count). The lowest BCUT2D eigenvalue weighted by atomic mass is 10.0. The molecule has 3 aliphatic rings. The minimum atomic E-state index is -0.0232. The largest absolute Gasteiger partial charge is 0.352 e. The van der Waals surface area contributed by atoms with Gasteiger partial charge in [-0.25, -0.2) is 4.68 Å². The van der Waals surface area contributed by atoms with Crippen molar-refractivity contribution in [1.82, 2.24) is 24.9 Å². The van der Waals surface area contributed by atoms with Gasteiger partial charge in [-0.2, -0.15) is 5.10 Å². The van der Waals surface area contributed by atoms with E-state index >= 15 is 0 Å². The van der Waals surface area contributed by atoms with Gasteiger partial charge in [0.2, 0.25) is 11.8 Å². The van der Waals surface area contributed by atoms with E-state index in [1.165, 1.54) is 25.7 Å². The number of rotatable bonds is 8. The van der Waals surface area contributed by atoms with Gasteiger partial charge >= 0.3 is 0 Å². The molecule has 1 saturated heterocycles. The smallest absolute Gasteiger partial charge is 0.239 e. The summed E-state index contributed by atoms with van der Waals surface area (Å²) in [6.45, 7) is 3.99. The molecule has 1 aromatic heterocycles. The number of aromatic nitrogens is 2.